The number of hydrogen-bond donors (Lipinski definition) is 1. The highest BCUT2D eigenvalue weighted by Gasteiger charge is 2.37. The van der Waals surface area contributed by atoms with Crippen molar-refractivity contribution in [3.8, 4) is 17.5 Å². The Bertz CT molecular complexity index is 1260. The van der Waals surface area contributed by atoms with Gasteiger partial charge in [-0.2, -0.15) is 9.97 Å². The molecule has 0 aliphatic carbocycles. The van der Waals surface area contributed by atoms with Crippen molar-refractivity contribution in [2.75, 3.05) is 64.8 Å². The van der Waals surface area contributed by atoms with E-state index in [4.69, 9.17) is 23.7 Å². The summed E-state index contributed by atoms with van der Waals surface area (Å²) in [5.41, 5.74) is 0.0884. The maximum absolute atomic E-state index is 13.1. The van der Waals surface area contributed by atoms with Gasteiger partial charge in [0.1, 0.15) is 5.75 Å². The van der Waals surface area contributed by atoms with E-state index < -0.39 is 25.9 Å². The van der Waals surface area contributed by atoms with Crippen molar-refractivity contribution in [1.29, 1.82) is 0 Å². The number of likely N-dealkylation sites (N-methyl/N-ethyl adjacent to an activating group) is 1. The minimum atomic E-state index is -1.57. The predicted octanol–water partition coefficient (Wildman–Crippen LogP) is 1.63. The van der Waals surface area contributed by atoms with Crippen molar-refractivity contribution in [3.05, 3.63) is 36.3 Å². The van der Waals surface area contributed by atoms with Gasteiger partial charge < -0.3 is 38.8 Å². The van der Waals surface area contributed by atoms with Crippen LogP contribution in [0.2, 0.25) is 19.6 Å². The number of amides is 1. The van der Waals surface area contributed by atoms with Crippen LogP contribution in [0.3, 0.4) is 0 Å². The number of carbonyl (C=O) groups excluding carboxylic acids is 2. The van der Waals surface area contributed by atoms with E-state index in [-0.39, 0.29) is 29.5 Å². The van der Waals surface area contributed by atoms with Crippen LogP contribution in [0.25, 0.3) is 0 Å². The maximum Gasteiger partial charge on any atom is 0.289 e. The Morgan fingerprint density at radius 3 is 2.50 bits per heavy atom. The molecule has 2 aromatic rings. The van der Waals surface area contributed by atoms with Crippen molar-refractivity contribution in [2.24, 2.45) is 0 Å². The lowest BCUT2D eigenvalue weighted by Crippen LogP contribution is -2.47. The Balaban J connectivity index is 1.47. The smallest absolute Gasteiger partial charge is 0.289 e. The lowest BCUT2D eigenvalue weighted by molar-refractivity contribution is -0.134. The Hall–Kier alpha value is -3.68. The second kappa shape index (κ2) is 12.2. The SMILES string of the molecule is COc1nc(N2CCOC(CN(C)C)C2)nc(OC)c1NC(=O)C1OC(Oc2cccc([Si](C)(C)C)c2)=CC1=O. The first-order valence-electron chi connectivity index (χ1n) is 13.0. The number of aromatic nitrogens is 2. The number of anilines is 2. The fourth-order valence-electron chi connectivity index (χ4n) is 4.34. The summed E-state index contributed by atoms with van der Waals surface area (Å²) < 4.78 is 28.2. The molecule has 1 fully saturated rings. The van der Waals surface area contributed by atoms with Gasteiger partial charge in [0, 0.05) is 19.6 Å². The molecule has 0 bridgehead atoms. The van der Waals surface area contributed by atoms with Crippen LogP contribution in [0, 0.1) is 0 Å². The number of carbonyl (C=O) groups is 2. The van der Waals surface area contributed by atoms with Crippen LogP contribution < -0.4 is 29.6 Å². The minimum absolute atomic E-state index is 0.0174. The third-order valence-electron chi connectivity index (χ3n) is 6.37. The predicted molar refractivity (Wildman–Crippen MR) is 152 cm³/mol. The molecular formula is C27H37N5O7Si. The van der Waals surface area contributed by atoms with Gasteiger partial charge in [-0.25, -0.2) is 0 Å². The fraction of sp³-hybridized carbons (Fsp3) is 0.481. The zero-order valence-electron chi connectivity index (χ0n) is 24.0. The normalized spacial score (nSPS) is 19.2. The van der Waals surface area contributed by atoms with E-state index in [9.17, 15) is 9.59 Å². The third kappa shape index (κ3) is 6.90. The van der Waals surface area contributed by atoms with Crippen LogP contribution in [-0.2, 0) is 19.1 Å². The molecule has 12 nitrogen and oxygen atoms in total. The van der Waals surface area contributed by atoms with E-state index in [0.29, 0.717) is 31.4 Å². The number of morpholine rings is 1. The molecule has 1 amide bonds. The second-order valence-corrected chi connectivity index (χ2v) is 15.9. The third-order valence-corrected chi connectivity index (χ3v) is 8.41. The van der Waals surface area contributed by atoms with Gasteiger partial charge in [-0.15, -0.1) is 0 Å². The Morgan fingerprint density at radius 2 is 1.88 bits per heavy atom. The van der Waals surface area contributed by atoms with Gasteiger partial charge >= 0.3 is 0 Å². The van der Waals surface area contributed by atoms with Crippen LogP contribution in [0.15, 0.2) is 36.3 Å². The van der Waals surface area contributed by atoms with Gasteiger partial charge in [-0.3, -0.25) is 9.59 Å². The lowest BCUT2D eigenvalue weighted by atomic mass is 10.2. The summed E-state index contributed by atoms with van der Waals surface area (Å²) in [6.45, 7) is 9.11. The van der Waals surface area contributed by atoms with Gasteiger partial charge in [0.25, 0.3) is 11.9 Å². The van der Waals surface area contributed by atoms with Crippen LogP contribution in [0.1, 0.15) is 0 Å². The number of ether oxygens (including phenoxy) is 5. The Kier molecular flexibility index (Phi) is 8.96. The van der Waals surface area contributed by atoms with E-state index in [0.717, 1.165) is 6.54 Å². The van der Waals surface area contributed by atoms with Gasteiger partial charge in [-0.1, -0.05) is 37.0 Å². The monoisotopic (exact) mass is 571 g/mol. The molecule has 1 N–H and O–H groups in total. The zero-order valence-corrected chi connectivity index (χ0v) is 25.0. The number of ketones is 1. The number of nitrogens with zero attached hydrogens (tertiary/aromatic N) is 4. The lowest BCUT2D eigenvalue weighted by Gasteiger charge is -2.34. The van der Waals surface area contributed by atoms with E-state index in [1.54, 1.807) is 6.07 Å². The molecule has 0 saturated carbocycles. The number of methoxy groups -OCH3 is 2. The second-order valence-electron chi connectivity index (χ2n) is 10.9. The summed E-state index contributed by atoms with van der Waals surface area (Å²) in [7, 11) is 5.25. The van der Waals surface area contributed by atoms with Crippen LogP contribution in [0.4, 0.5) is 11.6 Å². The highest BCUT2D eigenvalue weighted by molar-refractivity contribution is 6.88. The number of rotatable bonds is 10. The molecule has 216 valence electrons. The summed E-state index contributed by atoms with van der Waals surface area (Å²) in [5, 5.41) is 3.83. The summed E-state index contributed by atoms with van der Waals surface area (Å²) in [4.78, 5) is 38.8. The first-order chi connectivity index (χ1) is 19.0. The topological polar surface area (TPSA) is 125 Å². The van der Waals surface area contributed by atoms with Gasteiger partial charge in [0.05, 0.1) is 41.1 Å². The molecule has 0 spiro atoms. The Morgan fingerprint density at radius 1 is 1.18 bits per heavy atom. The largest absolute Gasteiger partial charge is 0.479 e. The highest BCUT2D eigenvalue weighted by atomic mass is 28.3. The molecule has 2 aliphatic rings. The quantitative estimate of drug-likeness (QED) is 0.331. The molecule has 2 atom stereocenters. The minimum Gasteiger partial charge on any atom is -0.479 e. The first-order valence-corrected chi connectivity index (χ1v) is 16.5. The first kappa shape index (κ1) is 29.3. The molecule has 40 heavy (non-hydrogen) atoms. The standard InChI is InChI=1S/C27H37N5O7Si/c1-31(2)15-18-16-32(11-12-37-18)27-29-25(35-3)22(26(30-27)36-4)28-24(34)23-20(33)14-21(39-23)38-17-9-8-10-19(13-17)40(5,6)7/h8-10,13-14,18,23H,11-12,15-16H2,1-7H3,(H,28,34). The summed E-state index contributed by atoms with van der Waals surface area (Å²) in [6, 6.07) is 7.66. The summed E-state index contributed by atoms with van der Waals surface area (Å²) >= 11 is 0. The van der Waals surface area contributed by atoms with Crippen molar-refractivity contribution >= 4 is 36.6 Å². The van der Waals surface area contributed by atoms with E-state index in [1.807, 2.05) is 31.1 Å². The van der Waals surface area contributed by atoms with Crippen molar-refractivity contribution < 1.29 is 33.3 Å². The average molecular weight is 572 g/mol. The molecule has 2 unspecified atom stereocenters. The molecular weight excluding hydrogens is 534 g/mol. The molecule has 1 aromatic heterocycles. The molecule has 1 aromatic carbocycles. The zero-order chi connectivity index (χ0) is 29.0. The molecule has 4 rings (SSSR count). The van der Waals surface area contributed by atoms with Gasteiger partial charge in [-0.05, 0) is 26.2 Å². The molecule has 0 radical (unpaired) electrons. The fourth-order valence-corrected chi connectivity index (χ4v) is 5.51. The molecule has 3 heterocycles. The summed E-state index contributed by atoms with van der Waals surface area (Å²) in [6.07, 6.45) is -0.298. The van der Waals surface area contributed by atoms with Crippen LogP contribution >= 0.6 is 0 Å². The maximum atomic E-state index is 13.1. The van der Waals surface area contributed by atoms with E-state index in [1.165, 1.54) is 25.5 Å². The van der Waals surface area contributed by atoms with Crippen molar-refractivity contribution in [1.82, 2.24) is 14.9 Å². The van der Waals surface area contributed by atoms with Crippen molar-refractivity contribution in [2.45, 2.75) is 31.8 Å². The van der Waals surface area contributed by atoms with Crippen LogP contribution in [-0.4, -0.2) is 101 Å². The van der Waals surface area contributed by atoms with Gasteiger partial charge in [0.2, 0.25) is 29.6 Å². The molecule has 2 aliphatic heterocycles. The van der Waals surface area contributed by atoms with Crippen LogP contribution in [0.5, 0.6) is 17.5 Å². The number of nitrogens with one attached hydrogen (secondary N) is 1. The summed E-state index contributed by atoms with van der Waals surface area (Å²) in [5.74, 6) is -0.255. The van der Waals surface area contributed by atoms with Crippen molar-refractivity contribution in [3.63, 3.8) is 0 Å². The Labute approximate surface area is 235 Å². The molecule has 1 saturated heterocycles. The molecule has 13 heteroatoms. The van der Waals surface area contributed by atoms with Gasteiger partial charge in [0.15, 0.2) is 5.69 Å². The van der Waals surface area contributed by atoms with E-state index >= 15 is 0 Å². The number of hydrogen-bond acceptors (Lipinski definition) is 11. The van der Waals surface area contributed by atoms with E-state index in [2.05, 4.69) is 45.9 Å². The highest BCUT2D eigenvalue weighted by Crippen LogP contribution is 2.34. The number of benzene rings is 1. The average Bonchev–Trinajstić information content (AvgIpc) is 3.27.